The van der Waals surface area contributed by atoms with Gasteiger partial charge < -0.3 is 5.73 Å². The number of sulfone groups is 1. The van der Waals surface area contributed by atoms with Crippen molar-refractivity contribution < 1.29 is 13.2 Å². The summed E-state index contributed by atoms with van der Waals surface area (Å²) in [4.78, 5) is 11.5. The van der Waals surface area contributed by atoms with Crippen molar-refractivity contribution in [3.05, 3.63) is 23.8 Å². The summed E-state index contributed by atoms with van der Waals surface area (Å²) in [5.41, 5.74) is 7.78. The lowest BCUT2D eigenvalue weighted by molar-refractivity contribution is 0.0954. The maximum absolute atomic E-state index is 12.0. The Balaban J connectivity index is 3.16. The number of nitrogens with one attached hydrogen (secondary N) is 1. The Bertz CT molecular complexity index is 540. The number of nitrogen functional groups attached to an aromatic ring is 2. The van der Waals surface area contributed by atoms with Gasteiger partial charge in [0.15, 0.2) is 9.84 Å². The number of carbonyl (C=O) groups is 1. The Labute approximate surface area is 106 Å². The van der Waals surface area contributed by atoms with Gasteiger partial charge in [-0.15, -0.1) is 0 Å². The van der Waals surface area contributed by atoms with Crippen molar-refractivity contribution in [3.63, 3.8) is 0 Å². The number of unbranched alkanes of at least 4 members (excludes halogenated alkanes) is 1. The second kappa shape index (κ2) is 5.83. The molecule has 1 rings (SSSR count). The van der Waals surface area contributed by atoms with Crippen molar-refractivity contribution in [3.8, 4) is 0 Å². The first-order valence-electron chi connectivity index (χ1n) is 5.55. The van der Waals surface area contributed by atoms with Gasteiger partial charge in [0.2, 0.25) is 0 Å². The maximum Gasteiger partial charge on any atom is 0.267 e. The number of amides is 1. The minimum absolute atomic E-state index is 0.0527. The van der Waals surface area contributed by atoms with Crippen LogP contribution in [0.5, 0.6) is 0 Å². The zero-order chi connectivity index (χ0) is 13.8. The summed E-state index contributed by atoms with van der Waals surface area (Å²) in [6, 6.07) is 4.04. The van der Waals surface area contributed by atoms with E-state index >= 15 is 0 Å². The largest absolute Gasteiger partial charge is 0.398 e. The quantitative estimate of drug-likeness (QED) is 0.311. The van der Waals surface area contributed by atoms with Crippen LogP contribution < -0.4 is 17.0 Å². The molecule has 0 aromatic heterocycles. The summed E-state index contributed by atoms with van der Waals surface area (Å²) >= 11 is 0. The monoisotopic (exact) mass is 271 g/mol. The predicted molar refractivity (Wildman–Crippen MR) is 69.5 cm³/mol. The van der Waals surface area contributed by atoms with Crippen molar-refractivity contribution in [1.82, 2.24) is 5.43 Å². The van der Waals surface area contributed by atoms with Gasteiger partial charge in [-0.05, 0) is 24.6 Å². The summed E-state index contributed by atoms with van der Waals surface area (Å²) in [5, 5.41) is 0. The van der Waals surface area contributed by atoms with Crippen LogP contribution in [-0.4, -0.2) is 20.1 Å². The van der Waals surface area contributed by atoms with Gasteiger partial charge in [-0.25, -0.2) is 14.3 Å². The van der Waals surface area contributed by atoms with Crippen LogP contribution >= 0.6 is 0 Å². The Morgan fingerprint density at radius 2 is 2.06 bits per heavy atom. The van der Waals surface area contributed by atoms with Gasteiger partial charge in [-0.2, -0.15) is 0 Å². The van der Waals surface area contributed by atoms with Crippen LogP contribution in [-0.2, 0) is 9.84 Å². The first kappa shape index (κ1) is 14.5. The number of rotatable bonds is 5. The van der Waals surface area contributed by atoms with Crippen LogP contribution in [0.4, 0.5) is 5.69 Å². The highest BCUT2D eigenvalue weighted by Gasteiger charge is 2.17. The fraction of sp³-hybridized carbons (Fsp3) is 0.364. The standard InChI is InChI=1S/C11H17N3O3S/c1-2-3-6-18(16,17)8-4-5-10(12)9(7-8)11(15)14-13/h4-5,7H,2-3,6,12-13H2,1H3,(H,14,15). The fourth-order valence-corrected chi connectivity index (χ4v) is 2.93. The van der Waals surface area contributed by atoms with Gasteiger partial charge in [-0.1, -0.05) is 13.3 Å². The molecule has 0 spiro atoms. The first-order chi connectivity index (χ1) is 8.42. The summed E-state index contributed by atoms with van der Waals surface area (Å²) in [6.45, 7) is 1.91. The molecule has 5 N–H and O–H groups in total. The number of hydrogen-bond donors (Lipinski definition) is 3. The van der Waals surface area contributed by atoms with Crippen LogP contribution in [0.2, 0.25) is 0 Å². The molecule has 0 saturated heterocycles. The third kappa shape index (κ3) is 3.21. The number of hydrogen-bond acceptors (Lipinski definition) is 5. The second-order valence-corrected chi connectivity index (χ2v) is 6.00. The molecule has 1 aromatic rings. The third-order valence-electron chi connectivity index (χ3n) is 2.53. The van der Waals surface area contributed by atoms with Crippen LogP contribution in [0.25, 0.3) is 0 Å². The highest BCUT2D eigenvalue weighted by molar-refractivity contribution is 7.91. The topological polar surface area (TPSA) is 115 Å². The Morgan fingerprint density at radius 3 is 2.61 bits per heavy atom. The van der Waals surface area contributed by atoms with Crippen LogP contribution in [0, 0.1) is 0 Å². The van der Waals surface area contributed by atoms with Gasteiger partial charge >= 0.3 is 0 Å². The number of hydrazine groups is 1. The van der Waals surface area contributed by atoms with Crippen molar-refractivity contribution >= 4 is 21.4 Å². The summed E-state index contributed by atoms with van der Waals surface area (Å²) in [5.74, 6) is 4.45. The van der Waals surface area contributed by atoms with Crippen LogP contribution in [0.15, 0.2) is 23.1 Å². The van der Waals surface area contributed by atoms with E-state index in [1.54, 1.807) is 0 Å². The summed E-state index contributed by atoms with van der Waals surface area (Å²) in [6.07, 6.45) is 1.36. The van der Waals surface area contributed by atoms with Gasteiger partial charge in [0.25, 0.3) is 5.91 Å². The number of anilines is 1. The van der Waals surface area contributed by atoms with E-state index in [1.165, 1.54) is 18.2 Å². The molecule has 0 bridgehead atoms. The number of carbonyl (C=O) groups excluding carboxylic acids is 1. The van der Waals surface area contributed by atoms with Gasteiger partial charge in [0, 0.05) is 5.69 Å². The molecule has 6 nitrogen and oxygen atoms in total. The molecule has 0 aliphatic heterocycles. The Morgan fingerprint density at radius 1 is 1.39 bits per heavy atom. The molecule has 1 amide bonds. The highest BCUT2D eigenvalue weighted by atomic mass is 32.2. The zero-order valence-electron chi connectivity index (χ0n) is 10.1. The summed E-state index contributed by atoms with van der Waals surface area (Å²) in [7, 11) is -3.38. The smallest absolute Gasteiger partial charge is 0.267 e. The average Bonchev–Trinajstić information content (AvgIpc) is 2.35. The molecular formula is C11H17N3O3S. The van der Waals surface area contributed by atoms with Gasteiger partial charge in [0.05, 0.1) is 16.2 Å². The van der Waals surface area contributed by atoms with Crippen molar-refractivity contribution in [2.75, 3.05) is 11.5 Å². The van der Waals surface area contributed by atoms with E-state index in [1.807, 2.05) is 12.3 Å². The predicted octanol–water partition coefficient (Wildman–Crippen LogP) is 0.446. The Hall–Kier alpha value is -1.60. The van der Waals surface area contributed by atoms with Crippen LogP contribution in [0.1, 0.15) is 30.1 Å². The van der Waals surface area contributed by atoms with E-state index in [4.69, 9.17) is 11.6 Å². The van der Waals surface area contributed by atoms with E-state index in [0.717, 1.165) is 6.42 Å². The second-order valence-electron chi connectivity index (χ2n) is 3.89. The molecule has 0 aliphatic carbocycles. The molecule has 0 heterocycles. The molecule has 18 heavy (non-hydrogen) atoms. The zero-order valence-corrected chi connectivity index (χ0v) is 11.0. The lowest BCUT2D eigenvalue weighted by Gasteiger charge is -2.08. The SMILES string of the molecule is CCCCS(=O)(=O)c1ccc(N)c(C(=O)NN)c1. The first-order valence-corrected chi connectivity index (χ1v) is 7.21. The molecule has 0 fully saturated rings. The molecule has 0 saturated carbocycles. The third-order valence-corrected chi connectivity index (χ3v) is 4.32. The minimum Gasteiger partial charge on any atom is -0.398 e. The van der Waals surface area contributed by atoms with E-state index in [0.29, 0.717) is 6.42 Å². The highest BCUT2D eigenvalue weighted by Crippen LogP contribution is 2.19. The average molecular weight is 271 g/mol. The van der Waals surface area contributed by atoms with Gasteiger partial charge in [0.1, 0.15) is 0 Å². The molecule has 0 aliphatic rings. The lowest BCUT2D eigenvalue weighted by Crippen LogP contribution is -2.30. The van der Waals surface area contributed by atoms with E-state index < -0.39 is 15.7 Å². The molecule has 0 radical (unpaired) electrons. The van der Waals surface area contributed by atoms with Crippen molar-refractivity contribution in [2.24, 2.45) is 5.84 Å². The number of nitrogens with two attached hydrogens (primary N) is 2. The molecule has 7 heteroatoms. The Kier molecular flexibility index (Phi) is 4.69. The van der Waals surface area contributed by atoms with E-state index in [2.05, 4.69) is 0 Å². The normalized spacial score (nSPS) is 11.2. The number of benzene rings is 1. The van der Waals surface area contributed by atoms with Crippen molar-refractivity contribution in [2.45, 2.75) is 24.7 Å². The van der Waals surface area contributed by atoms with Crippen molar-refractivity contribution in [1.29, 1.82) is 0 Å². The maximum atomic E-state index is 12.0. The fourth-order valence-electron chi connectivity index (χ4n) is 1.46. The summed E-state index contributed by atoms with van der Waals surface area (Å²) < 4.78 is 23.9. The molecule has 0 atom stereocenters. The molecule has 1 aromatic carbocycles. The van der Waals surface area contributed by atoms with Gasteiger partial charge in [-0.3, -0.25) is 10.2 Å². The van der Waals surface area contributed by atoms with Crippen LogP contribution in [0.3, 0.4) is 0 Å². The minimum atomic E-state index is -3.38. The molecule has 100 valence electrons. The lowest BCUT2D eigenvalue weighted by atomic mass is 10.2. The molecule has 0 unspecified atom stereocenters. The van der Waals surface area contributed by atoms with E-state index in [9.17, 15) is 13.2 Å². The molecular weight excluding hydrogens is 254 g/mol. The van der Waals surface area contributed by atoms with E-state index in [-0.39, 0.29) is 21.9 Å².